The van der Waals surface area contributed by atoms with Crippen molar-refractivity contribution in [2.45, 2.75) is 44.5 Å². The van der Waals surface area contributed by atoms with Crippen molar-refractivity contribution in [2.24, 2.45) is 0 Å². The van der Waals surface area contributed by atoms with E-state index in [1.807, 2.05) is 30.3 Å². The summed E-state index contributed by atoms with van der Waals surface area (Å²) in [5.74, 6) is -1.75. The number of esters is 1. The molecule has 0 bridgehead atoms. The number of amides is 2. The van der Waals surface area contributed by atoms with Crippen LogP contribution in [0.25, 0.3) is 0 Å². The van der Waals surface area contributed by atoms with E-state index in [1.165, 1.54) is 41.4 Å². The first-order valence-corrected chi connectivity index (χ1v) is 12.9. The van der Waals surface area contributed by atoms with Gasteiger partial charge in [0.15, 0.2) is 0 Å². The van der Waals surface area contributed by atoms with E-state index in [-0.39, 0.29) is 36.9 Å². The Morgan fingerprint density at radius 3 is 2.42 bits per heavy atom. The molecular formula is C27H26F3N3O4S. The van der Waals surface area contributed by atoms with Crippen LogP contribution in [0.2, 0.25) is 0 Å². The highest BCUT2D eigenvalue weighted by atomic mass is 32.1. The summed E-state index contributed by atoms with van der Waals surface area (Å²) < 4.78 is 45.2. The van der Waals surface area contributed by atoms with Gasteiger partial charge in [-0.25, -0.2) is 9.78 Å². The molecule has 1 saturated heterocycles. The number of hydrogen-bond donors (Lipinski definition) is 1. The lowest BCUT2D eigenvalue weighted by Gasteiger charge is -2.31. The molecule has 7 nitrogen and oxygen atoms in total. The third-order valence-corrected chi connectivity index (χ3v) is 7.28. The van der Waals surface area contributed by atoms with Crippen LogP contribution in [0.4, 0.5) is 13.2 Å². The molecule has 0 radical (unpaired) electrons. The average molecular weight is 546 g/mol. The third-order valence-electron chi connectivity index (χ3n) is 6.27. The summed E-state index contributed by atoms with van der Waals surface area (Å²) in [7, 11) is 0. The molecule has 1 atom stereocenters. The van der Waals surface area contributed by atoms with Gasteiger partial charge in [0, 0.05) is 24.4 Å². The third kappa shape index (κ3) is 6.58. The fourth-order valence-corrected chi connectivity index (χ4v) is 5.15. The van der Waals surface area contributed by atoms with Gasteiger partial charge < -0.3 is 15.0 Å². The smallest absolute Gasteiger partial charge is 0.417 e. The maximum absolute atomic E-state index is 13.3. The highest BCUT2D eigenvalue weighted by Gasteiger charge is 2.36. The molecule has 0 spiro atoms. The van der Waals surface area contributed by atoms with Gasteiger partial charge in [0.1, 0.15) is 18.3 Å². The Morgan fingerprint density at radius 2 is 1.74 bits per heavy atom. The van der Waals surface area contributed by atoms with E-state index in [9.17, 15) is 27.6 Å². The number of thiazole rings is 1. The molecule has 2 amide bonds. The number of aromatic nitrogens is 1. The number of likely N-dealkylation sites (tertiary alicyclic amines) is 1. The number of alkyl halides is 3. The van der Waals surface area contributed by atoms with Crippen LogP contribution in [-0.4, -0.2) is 46.8 Å². The molecule has 0 aliphatic carbocycles. The molecule has 4 rings (SSSR count). The van der Waals surface area contributed by atoms with Gasteiger partial charge >= 0.3 is 12.1 Å². The van der Waals surface area contributed by atoms with Gasteiger partial charge in [0.2, 0.25) is 0 Å². The second-order valence-electron chi connectivity index (χ2n) is 8.97. The highest BCUT2D eigenvalue weighted by molar-refractivity contribution is 7.09. The molecule has 2 aromatic carbocycles. The minimum atomic E-state index is -4.61. The van der Waals surface area contributed by atoms with E-state index >= 15 is 0 Å². The second kappa shape index (κ2) is 11.8. The van der Waals surface area contributed by atoms with Crippen LogP contribution in [0.3, 0.4) is 0 Å². The Labute approximate surface area is 221 Å². The maximum Gasteiger partial charge on any atom is 0.417 e. The van der Waals surface area contributed by atoms with Crippen molar-refractivity contribution in [1.29, 1.82) is 0 Å². The van der Waals surface area contributed by atoms with Gasteiger partial charge in [-0.3, -0.25) is 9.59 Å². The minimum Gasteiger partial charge on any atom is -0.459 e. The molecule has 1 N–H and O–H groups in total. The van der Waals surface area contributed by atoms with Crippen molar-refractivity contribution in [3.63, 3.8) is 0 Å². The number of carbonyl (C=O) groups excluding carboxylic acids is 3. The van der Waals surface area contributed by atoms with Crippen LogP contribution in [0, 0.1) is 0 Å². The topological polar surface area (TPSA) is 88.6 Å². The predicted octanol–water partition coefficient (Wildman–Crippen LogP) is 5.04. The molecule has 0 saturated carbocycles. The number of hydrogen-bond acceptors (Lipinski definition) is 6. The molecule has 11 heteroatoms. The highest BCUT2D eigenvalue weighted by Crippen LogP contribution is 2.34. The lowest BCUT2D eigenvalue weighted by Crippen LogP contribution is -2.39. The van der Waals surface area contributed by atoms with Crippen LogP contribution in [0.15, 0.2) is 60.0 Å². The number of piperidine rings is 1. The lowest BCUT2D eigenvalue weighted by atomic mass is 9.96. The normalized spacial score (nSPS) is 15.1. The van der Waals surface area contributed by atoms with Crippen LogP contribution in [-0.2, 0) is 22.3 Å². The zero-order valence-corrected chi connectivity index (χ0v) is 21.3. The summed E-state index contributed by atoms with van der Waals surface area (Å²) in [6.45, 7) is 2.19. The lowest BCUT2D eigenvalue weighted by molar-refractivity contribution is -0.146. The monoisotopic (exact) mass is 545 g/mol. The van der Waals surface area contributed by atoms with E-state index in [1.54, 1.807) is 5.38 Å². The van der Waals surface area contributed by atoms with E-state index < -0.39 is 35.6 Å². The van der Waals surface area contributed by atoms with E-state index in [0.29, 0.717) is 17.8 Å². The van der Waals surface area contributed by atoms with Gasteiger partial charge in [-0.05, 0) is 37.5 Å². The molecule has 1 aliphatic rings. The quantitative estimate of drug-likeness (QED) is 0.420. The molecule has 2 heterocycles. The Bertz CT molecular complexity index is 1290. The number of rotatable bonds is 7. The van der Waals surface area contributed by atoms with E-state index in [4.69, 9.17) is 4.74 Å². The van der Waals surface area contributed by atoms with Gasteiger partial charge in [-0.15, -0.1) is 11.3 Å². The zero-order chi connectivity index (χ0) is 27.3. The van der Waals surface area contributed by atoms with Crippen molar-refractivity contribution >= 4 is 29.1 Å². The molecule has 1 aliphatic heterocycles. The van der Waals surface area contributed by atoms with Crippen LogP contribution in [0.1, 0.15) is 62.7 Å². The molecular weight excluding hydrogens is 519 g/mol. The van der Waals surface area contributed by atoms with Gasteiger partial charge in [0.05, 0.1) is 16.1 Å². The zero-order valence-electron chi connectivity index (χ0n) is 20.5. The Kier molecular flexibility index (Phi) is 8.45. The average Bonchev–Trinajstić information content (AvgIpc) is 3.42. The van der Waals surface area contributed by atoms with Crippen molar-refractivity contribution in [3.05, 3.63) is 87.4 Å². The molecule has 1 fully saturated rings. The number of carbonyl (C=O) groups is 3. The first kappa shape index (κ1) is 27.3. The Balaban J connectivity index is 1.29. The molecule has 3 aromatic rings. The van der Waals surface area contributed by atoms with Crippen molar-refractivity contribution < 1.29 is 32.3 Å². The largest absolute Gasteiger partial charge is 0.459 e. The number of ether oxygens (including phenoxy) is 1. The van der Waals surface area contributed by atoms with Crippen LogP contribution in [0.5, 0.6) is 0 Å². The van der Waals surface area contributed by atoms with E-state index in [2.05, 4.69) is 10.3 Å². The summed E-state index contributed by atoms with van der Waals surface area (Å²) in [4.78, 5) is 43.5. The second-order valence-corrected chi connectivity index (χ2v) is 9.86. The van der Waals surface area contributed by atoms with Crippen LogP contribution < -0.4 is 5.32 Å². The van der Waals surface area contributed by atoms with Gasteiger partial charge in [-0.2, -0.15) is 13.2 Å². The van der Waals surface area contributed by atoms with Gasteiger partial charge in [-0.1, -0.05) is 42.5 Å². The molecule has 1 aromatic heterocycles. The SMILES string of the molecule is CC(NC(=O)c1csc(C2CCN(C(=O)c3ccccc3C(F)(F)F)CC2)n1)C(=O)OCc1ccccc1. The predicted molar refractivity (Wildman–Crippen MR) is 135 cm³/mol. The van der Waals surface area contributed by atoms with Crippen molar-refractivity contribution in [1.82, 2.24) is 15.2 Å². The Hall–Kier alpha value is -3.73. The standard InChI is InChI=1S/C27H26F3N3O4S/c1-17(26(36)37-15-18-7-3-2-4-8-18)31-23(34)22-16-38-24(32-22)19-11-13-33(14-12-19)25(35)20-9-5-6-10-21(20)27(28,29)30/h2-10,16-17,19H,11-15H2,1H3,(H,31,34). The maximum atomic E-state index is 13.3. The number of halogens is 3. The van der Waals surface area contributed by atoms with Crippen LogP contribution >= 0.6 is 11.3 Å². The first-order valence-electron chi connectivity index (χ1n) is 12.1. The molecule has 1 unspecified atom stereocenters. The van der Waals surface area contributed by atoms with Gasteiger partial charge in [0.25, 0.3) is 11.8 Å². The Morgan fingerprint density at radius 1 is 1.08 bits per heavy atom. The summed E-state index contributed by atoms with van der Waals surface area (Å²) in [6, 6.07) is 13.1. The van der Waals surface area contributed by atoms with Crippen molar-refractivity contribution in [3.8, 4) is 0 Å². The molecule has 200 valence electrons. The van der Waals surface area contributed by atoms with E-state index in [0.717, 1.165) is 11.6 Å². The fourth-order valence-electron chi connectivity index (χ4n) is 4.18. The first-order chi connectivity index (χ1) is 18.1. The van der Waals surface area contributed by atoms with Crippen molar-refractivity contribution in [2.75, 3.05) is 13.1 Å². The summed E-state index contributed by atoms with van der Waals surface area (Å²) >= 11 is 1.30. The molecule has 38 heavy (non-hydrogen) atoms. The minimum absolute atomic E-state index is 0.0308. The number of nitrogens with one attached hydrogen (secondary N) is 1. The number of benzene rings is 2. The fraction of sp³-hybridized carbons (Fsp3) is 0.333. The summed E-state index contributed by atoms with van der Waals surface area (Å²) in [6.07, 6.45) is -3.59. The summed E-state index contributed by atoms with van der Waals surface area (Å²) in [5, 5.41) is 4.90. The number of nitrogens with zero attached hydrogens (tertiary/aromatic N) is 2. The summed E-state index contributed by atoms with van der Waals surface area (Å²) in [5.41, 5.74) is -0.296.